The Morgan fingerprint density at radius 3 is 2.67 bits per heavy atom. The number of benzene rings is 1. The predicted octanol–water partition coefficient (Wildman–Crippen LogP) is 2.00. The van der Waals surface area contributed by atoms with E-state index >= 15 is 0 Å². The van der Waals surface area contributed by atoms with Crippen LogP contribution in [0.5, 0.6) is 0 Å². The second kappa shape index (κ2) is 6.26. The van der Waals surface area contributed by atoms with Gasteiger partial charge in [0, 0.05) is 26.2 Å². The summed E-state index contributed by atoms with van der Waals surface area (Å²) in [5.41, 5.74) is 2.95. The van der Waals surface area contributed by atoms with E-state index in [1.165, 1.54) is 11.1 Å². The normalized spacial score (nSPS) is 15.5. The van der Waals surface area contributed by atoms with Crippen molar-refractivity contribution >= 4 is 17.0 Å². The molecule has 0 bridgehead atoms. The number of rotatable bonds is 3. The fraction of sp³-hybridized carbons (Fsp3) is 0.500. The van der Waals surface area contributed by atoms with Crippen LogP contribution in [0.3, 0.4) is 0 Å². The van der Waals surface area contributed by atoms with Crippen molar-refractivity contribution in [3.8, 4) is 0 Å². The molecule has 1 aromatic rings. The molecule has 1 aromatic carbocycles. The van der Waals surface area contributed by atoms with Crippen molar-refractivity contribution in [2.75, 3.05) is 19.7 Å². The summed E-state index contributed by atoms with van der Waals surface area (Å²) in [7, 11) is 0. The van der Waals surface area contributed by atoms with E-state index in [9.17, 15) is 0 Å². The molecule has 0 atom stereocenters. The van der Waals surface area contributed by atoms with Gasteiger partial charge in [-0.05, 0) is 24.0 Å². The molecule has 1 heterocycles. The summed E-state index contributed by atoms with van der Waals surface area (Å²) in [6, 6.07) is 8.65. The zero-order valence-electron chi connectivity index (χ0n) is 8.85. The van der Waals surface area contributed by atoms with E-state index < -0.39 is 0 Å². The average molecular weight is 272 g/mol. The Morgan fingerprint density at radius 1 is 1.20 bits per heavy atom. The lowest BCUT2D eigenvalue weighted by Gasteiger charge is -2.28. The van der Waals surface area contributed by atoms with Gasteiger partial charge in [-0.25, -0.2) is 0 Å². The highest BCUT2D eigenvalue weighted by Crippen LogP contribution is 2.18. The number of fused-ring (bicyclic) bond motifs is 1. The van der Waals surface area contributed by atoms with Crippen LogP contribution in [0.15, 0.2) is 24.3 Å². The Balaban J connectivity index is 0.00000112. The largest absolute Gasteiger partial charge is 0.396 e. The fourth-order valence-corrected chi connectivity index (χ4v) is 2.04. The zero-order valence-corrected chi connectivity index (χ0v) is 10.6. The molecule has 0 spiro atoms. The van der Waals surface area contributed by atoms with E-state index in [0.29, 0.717) is 6.61 Å². The van der Waals surface area contributed by atoms with Gasteiger partial charge in [-0.1, -0.05) is 24.3 Å². The third kappa shape index (κ3) is 3.30. The number of halogens is 1. The molecule has 0 radical (unpaired) electrons. The monoisotopic (exact) mass is 271 g/mol. The molecule has 2 rings (SSSR count). The van der Waals surface area contributed by atoms with E-state index in [1.54, 1.807) is 0 Å². The molecule has 0 fully saturated rings. The molecule has 2 nitrogen and oxygen atoms in total. The second-order valence-corrected chi connectivity index (χ2v) is 3.87. The smallest absolute Gasteiger partial charge is 0.0443 e. The topological polar surface area (TPSA) is 23.5 Å². The third-order valence-electron chi connectivity index (χ3n) is 2.84. The molecule has 3 heteroatoms. The first-order chi connectivity index (χ1) is 6.90. The quantitative estimate of drug-likeness (QED) is 0.909. The Morgan fingerprint density at radius 2 is 1.93 bits per heavy atom. The van der Waals surface area contributed by atoms with Crippen LogP contribution in [0.4, 0.5) is 0 Å². The van der Waals surface area contributed by atoms with E-state index in [-0.39, 0.29) is 17.0 Å². The van der Waals surface area contributed by atoms with Crippen molar-refractivity contribution in [2.45, 2.75) is 19.4 Å². The molecule has 0 unspecified atom stereocenters. The Kier molecular flexibility index (Phi) is 5.29. The fourth-order valence-electron chi connectivity index (χ4n) is 2.04. The lowest BCUT2D eigenvalue weighted by molar-refractivity contribution is 0.212. The molecule has 0 saturated heterocycles. The predicted molar refractivity (Wildman–Crippen MR) is 67.4 cm³/mol. The van der Waals surface area contributed by atoms with E-state index in [0.717, 1.165) is 32.5 Å². The molecule has 1 aliphatic heterocycles. The summed E-state index contributed by atoms with van der Waals surface area (Å²) in [6.45, 7) is 3.51. The molecule has 1 aliphatic rings. The summed E-state index contributed by atoms with van der Waals surface area (Å²) in [4.78, 5) is 2.42. The highest BCUT2D eigenvalue weighted by atomic mass is 79.9. The summed E-state index contributed by atoms with van der Waals surface area (Å²) < 4.78 is 0. The second-order valence-electron chi connectivity index (χ2n) is 3.87. The van der Waals surface area contributed by atoms with Gasteiger partial charge in [0.15, 0.2) is 0 Å². The number of hydrogen-bond donors (Lipinski definition) is 1. The standard InChI is InChI=1S/C12H17NO.BrH/c14-9-3-7-13-8-6-11-4-1-2-5-12(11)10-13;/h1-2,4-5,14H,3,6-10H2;1H. The molecule has 0 aromatic heterocycles. The zero-order chi connectivity index (χ0) is 9.80. The van der Waals surface area contributed by atoms with Gasteiger partial charge < -0.3 is 5.11 Å². The van der Waals surface area contributed by atoms with Crippen LogP contribution >= 0.6 is 17.0 Å². The van der Waals surface area contributed by atoms with Crippen LogP contribution in [-0.4, -0.2) is 29.7 Å². The van der Waals surface area contributed by atoms with Gasteiger partial charge in [0.25, 0.3) is 0 Å². The van der Waals surface area contributed by atoms with Crippen molar-refractivity contribution in [3.05, 3.63) is 35.4 Å². The van der Waals surface area contributed by atoms with E-state index in [4.69, 9.17) is 5.11 Å². The minimum atomic E-state index is 0. The highest BCUT2D eigenvalue weighted by Gasteiger charge is 2.14. The molecular weight excluding hydrogens is 254 g/mol. The number of nitrogens with zero attached hydrogens (tertiary/aromatic N) is 1. The SMILES string of the molecule is Br.OCCCN1CCc2ccccc2C1. The van der Waals surface area contributed by atoms with Gasteiger partial charge in [0.1, 0.15) is 0 Å². The summed E-state index contributed by atoms with van der Waals surface area (Å²) in [5.74, 6) is 0. The highest BCUT2D eigenvalue weighted by molar-refractivity contribution is 8.93. The van der Waals surface area contributed by atoms with Crippen molar-refractivity contribution in [2.24, 2.45) is 0 Å². The lowest BCUT2D eigenvalue weighted by Crippen LogP contribution is -2.31. The molecule has 0 aliphatic carbocycles. The van der Waals surface area contributed by atoms with E-state index in [2.05, 4.69) is 29.2 Å². The molecule has 0 saturated carbocycles. The van der Waals surface area contributed by atoms with Crippen molar-refractivity contribution in [3.63, 3.8) is 0 Å². The van der Waals surface area contributed by atoms with Gasteiger partial charge in [-0.15, -0.1) is 17.0 Å². The summed E-state index contributed by atoms with van der Waals surface area (Å²) >= 11 is 0. The maximum absolute atomic E-state index is 8.77. The van der Waals surface area contributed by atoms with Gasteiger partial charge in [-0.2, -0.15) is 0 Å². The third-order valence-corrected chi connectivity index (χ3v) is 2.84. The molecule has 1 N–H and O–H groups in total. The van der Waals surface area contributed by atoms with Crippen LogP contribution in [0, 0.1) is 0 Å². The Bertz CT molecular complexity index is 303. The van der Waals surface area contributed by atoms with Crippen molar-refractivity contribution in [1.29, 1.82) is 0 Å². The van der Waals surface area contributed by atoms with Gasteiger partial charge in [0.2, 0.25) is 0 Å². The maximum Gasteiger partial charge on any atom is 0.0443 e. The first-order valence-electron chi connectivity index (χ1n) is 5.30. The molecular formula is C12H18BrNO. The van der Waals surface area contributed by atoms with Crippen LogP contribution in [0.2, 0.25) is 0 Å². The summed E-state index contributed by atoms with van der Waals surface area (Å²) in [5, 5.41) is 8.77. The molecule has 84 valence electrons. The van der Waals surface area contributed by atoms with E-state index in [1.807, 2.05) is 0 Å². The lowest BCUT2D eigenvalue weighted by atomic mass is 10.00. The Hall–Kier alpha value is -0.380. The van der Waals surface area contributed by atoms with Crippen molar-refractivity contribution < 1.29 is 5.11 Å². The number of aliphatic hydroxyl groups is 1. The maximum atomic E-state index is 8.77. The summed E-state index contributed by atoms with van der Waals surface area (Å²) in [6.07, 6.45) is 2.05. The molecule has 0 amide bonds. The number of hydrogen-bond acceptors (Lipinski definition) is 2. The Labute approximate surface area is 102 Å². The minimum Gasteiger partial charge on any atom is -0.396 e. The van der Waals surface area contributed by atoms with Crippen LogP contribution in [-0.2, 0) is 13.0 Å². The van der Waals surface area contributed by atoms with Gasteiger partial charge in [0.05, 0.1) is 0 Å². The van der Waals surface area contributed by atoms with Crippen LogP contribution < -0.4 is 0 Å². The average Bonchev–Trinajstić information content (AvgIpc) is 2.26. The molecule has 15 heavy (non-hydrogen) atoms. The van der Waals surface area contributed by atoms with Crippen LogP contribution in [0.25, 0.3) is 0 Å². The minimum absolute atomic E-state index is 0. The van der Waals surface area contributed by atoms with Crippen LogP contribution in [0.1, 0.15) is 17.5 Å². The first kappa shape index (κ1) is 12.7. The first-order valence-corrected chi connectivity index (χ1v) is 5.30. The van der Waals surface area contributed by atoms with Crippen molar-refractivity contribution in [1.82, 2.24) is 4.90 Å². The number of aliphatic hydroxyl groups excluding tert-OH is 1. The van der Waals surface area contributed by atoms with Gasteiger partial charge in [-0.3, -0.25) is 4.90 Å². The van der Waals surface area contributed by atoms with Gasteiger partial charge >= 0.3 is 0 Å².